The van der Waals surface area contributed by atoms with Gasteiger partial charge in [-0.1, -0.05) is 23.2 Å². The van der Waals surface area contributed by atoms with Crippen molar-refractivity contribution in [1.29, 1.82) is 0 Å². The summed E-state index contributed by atoms with van der Waals surface area (Å²) >= 11 is 11.3. The van der Waals surface area contributed by atoms with Crippen LogP contribution in [0, 0.1) is 6.92 Å². The zero-order valence-electron chi connectivity index (χ0n) is 8.79. The highest BCUT2D eigenvalue weighted by Gasteiger charge is 2.13. The fraction of sp³-hybridized carbons (Fsp3) is 0.444. The summed E-state index contributed by atoms with van der Waals surface area (Å²) in [6.45, 7) is 3.28. The average molecular weight is 265 g/mol. The van der Waals surface area contributed by atoms with Gasteiger partial charge < -0.3 is 4.74 Å². The number of rotatable bonds is 3. The van der Waals surface area contributed by atoms with Crippen molar-refractivity contribution in [2.75, 3.05) is 6.61 Å². The molecule has 1 aromatic rings. The maximum atomic E-state index is 11.6. The topological polar surface area (TPSA) is 61.2 Å². The first-order valence-electron chi connectivity index (χ1n) is 4.55. The van der Waals surface area contributed by atoms with E-state index in [0.29, 0.717) is 5.69 Å². The molecule has 1 aromatic heterocycles. The molecule has 0 saturated carbocycles. The van der Waals surface area contributed by atoms with Crippen LogP contribution >= 0.6 is 23.2 Å². The van der Waals surface area contributed by atoms with Crippen LogP contribution in [0.5, 0.6) is 0 Å². The maximum absolute atomic E-state index is 11.6. The first-order chi connectivity index (χ1) is 7.47. The van der Waals surface area contributed by atoms with Crippen molar-refractivity contribution in [3.63, 3.8) is 0 Å². The summed E-state index contributed by atoms with van der Waals surface area (Å²) in [7, 11) is 0. The summed E-state index contributed by atoms with van der Waals surface area (Å²) in [5, 5.41) is -0.172. The van der Waals surface area contributed by atoms with E-state index in [0.717, 1.165) is 4.57 Å². The molecule has 5 nitrogen and oxygen atoms in total. The molecule has 0 aromatic carbocycles. The van der Waals surface area contributed by atoms with Crippen LogP contribution in [-0.2, 0) is 16.1 Å². The molecule has 0 aliphatic carbocycles. The third-order valence-corrected chi connectivity index (χ3v) is 2.52. The number of ether oxygens (including phenoxy) is 1. The molecule has 0 N–H and O–H groups in total. The molecule has 0 fully saturated rings. The lowest BCUT2D eigenvalue weighted by atomic mass is 10.4. The molecule has 88 valence electrons. The Hall–Kier alpha value is -1.07. The molecular weight excluding hydrogens is 255 g/mol. The van der Waals surface area contributed by atoms with Gasteiger partial charge in [-0.05, 0) is 13.8 Å². The van der Waals surface area contributed by atoms with Crippen molar-refractivity contribution >= 4 is 29.2 Å². The molecule has 16 heavy (non-hydrogen) atoms. The molecule has 0 radical (unpaired) electrons. The number of hydrogen-bond donors (Lipinski definition) is 0. The summed E-state index contributed by atoms with van der Waals surface area (Å²) in [6, 6.07) is 0. The fourth-order valence-corrected chi connectivity index (χ4v) is 1.53. The molecule has 0 unspecified atom stereocenters. The van der Waals surface area contributed by atoms with Crippen molar-refractivity contribution in [2.45, 2.75) is 20.4 Å². The van der Waals surface area contributed by atoms with Crippen molar-refractivity contribution in [2.24, 2.45) is 0 Å². The van der Waals surface area contributed by atoms with Crippen LogP contribution in [0.3, 0.4) is 0 Å². The van der Waals surface area contributed by atoms with E-state index in [1.165, 1.54) is 0 Å². The molecule has 0 spiro atoms. The Bertz CT molecular complexity index is 471. The Morgan fingerprint density at radius 1 is 1.44 bits per heavy atom. The summed E-state index contributed by atoms with van der Waals surface area (Å²) in [6.07, 6.45) is 0. The van der Waals surface area contributed by atoms with Crippen molar-refractivity contribution in [1.82, 2.24) is 9.55 Å². The molecule has 0 atom stereocenters. The van der Waals surface area contributed by atoms with Gasteiger partial charge in [-0.25, -0.2) is 4.98 Å². The summed E-state index contributed by atoms with van der Waals surface area (Å²) in [5.74, 6) is -0.522. The minimum atomic E-state index is -0.559. The Morgan fingerprint density at radius 2 is 2.06 bits per heavy atom. The van der Waals surface area contributed by atoms with E-state index in [1.807, 2.05) is 0 Å². The molecule has 0 aliphatic rings. The second-order valence-electron chi connectivity index (χ2n) is 2.98. The number of hydrogen-bond acceptors (Lipinski definition) is 4. The van der Waals surface area contributed by atoms with Crippen LogP contribution in [0.1, 0.15) is 12.6 Å². The second-order valence-corrected chi connectivity index (χ2v) is 3.69. The maximum Gasteiger partial charge on any atom is 0.326 e. The van der Waals surface area contributed by atoms with Gasteiger partial charge in [0.2, 0.25) is 0 Å². The van der Waals surface area contributed by atoms with E-state index >= 15 is 0 Å². The minimum Gasteiger partial charge on any atom is -0.465 e. The van der Waals surface area contributed by atoms with Crippen LogP contribution < -0.4 is 5.56 Å². The molecule has 1 heterocycles. The monoisotopic (exact) mass is 264 g/mol. The van der Waals surface area contributed by atoms with E-state index in [4.69, 9.17) is 27.9 Å². The van der Waals surface area contributed by atoms with Gasteiger partial charge in [0, 0.05) is 0 Å². The Morgan fingerprint density at radius 3 is 2.62 bits per heavy atom. The van der Waals surface area contributed by atoms with Crippen molar-refractivity contribution < 1.29 is 9.53 Å². The van der Waals surface area contributed by atoms with Crippen LogP contribution in [0.2, 0.25) is 10.3 Å². The largest absolute Gasteiger partial charge is 0.465 e. The van der Waals surface area contributed by atoms with Crippen LogP contribution in [0.15, 0.2) is 4.79 Å². The standard InChI is InChI=1S/C9H10Cl2N2O3/c1-3-16-6(14)4-13-5(2)7(10)12-8(11)9(13)15/h3-4H2,1-2H3. The molecule has 1 rings (SSSR count). The summed E-state index contributed by atoms with van der Waals surface area (Å²) < 4.78 is 5.86. The summed E-state index contributed by atoms with van der Waals surface area (Å²) in [5.41, 5.74) is -0.180. The number of carbonyl (C=O) groups excluding carboxylic acids is 1. The first kappa shape index (κ1) is 13.0. The van der Waals surface area contributed by atoms with Gasteiger partial charge in [0.05, 0.1) is 12.3 Å². The van der Waals surface area contributed by atoms with Gasteiger partial charge in [-0.15, -0.1) is 0 Å². The smallest absolute Gasteiger partial charge is 0.326 e. The third kappa shape index (κ3) is 2.74. The predicted molar refractivity (Wildman–Crippen MR) is 59.9 cm³/mol. The van der Waals surface area contributed by atoms with Gasteiger partial charge in [0.25, 0.3) is 5.56 Å². The normalized spacial score (nSPS) is 10.2. The number of carbonyl (C=O) groups is 1. The van der Waals surface area contributed by atoms with Crippen molar-refractivity contribution in [3.05, 3.63) is 26.4 Å². The van der Waals surface area contributed by atoms with Gasteiger partial charge in [0.15, 0.2) is 5.15 Å². The lowest BCUT2D eigenvalue weighted by Gasteiger charge is -2.10. The minimum absolute atomic E-state index is 0.0916. The van der Waals surface area contributed by atoms with E-state index < -0.39 is 11.5 Å². The average Bonchev–Trinajstić information content (AvgIpc) is 2.22. The molecule has 0 amide bonds. The highest BCUT2D eigenvalue weighted by molar-refractivity contribution is 6.32. The lowest BCUT2D eigenvalue weighted by molar-refractivity contribution is -0.143. The second kappa shape index (κ2) is 5.32. The Balaban J connectivity index is 3.13. The number of nitrogens with zero attached hydrogens (tertiary/aromatic N) is 2. The van der Waals surface area contributed by atoms with Gasteiger partial charge in [-0.3, -0.25) is 14.2 Å². The van der Waals surface area contributed by atoms with Crippen LogP contribution in [-0.4, -0.2) is 22.1 Å². The molecular formula is C9H10Cl2N2O3. The number of aromatic nitrogens is 2. The molecule has 7 heteroatoms. The van der Waals surface area contributed by atoms with Crippen LogP contribution in [0.4, 0.5) is 0 Å². The Labute approximate surface area is 102 Å². The van der Waals surface area contributed by atoms with E-state index in [2.05, 4.69) is 4.98 Å². The predicted octanol–water partition coefficient (Wildman–Crippen LogP) is 1.42. The highest BCUT2D eigenvalue weighted by Crippen LogP contribution is 2.12. The van der Waals surface area contributed by atoms with Crippen LogP contribution in [0.25, 0.3) is 0 Å². The first-order valence-corrected chi connectivity index (χ1v) is 5.31. The lowest BCUT2D eigenvalue weighted by Crippen LogP contribution is -2.28. The number of esters is 1. The van der Waals surface area contributed by atoms with E-state index in [-0.39, 0.29) is 23.5 Å². The highest BCUT2D eigenvalue weighted by atomic mass is 35.5. The quantitative estimate of drug-likeness (QED) is 0.775. The molecule has 0 bridgehead atoms. The third-order valence-electron chi connectivity index (χ3n) is 1.91. The van der Waals surface area contributed by atoms with Gasteiger partial charge in [0.1, 0.15) is 11.7 Å². The summed E-state index contributed by atoms with van der Waals surface area (Å²) in [4.78, 5) is 26.5. The zero-order valence-corrected chi connectivity index (χ0v) is 10.3. The number of halogens is 2. The van der Waals surface area contributed by atoms with Gasteiger partial charge >= 0.3 is 5.97 Å². The van der Waals surface area contributed by atoms with E-state index in [9.17, 15) is 9.59 Å². The molecule has 0 saturated heterocycles. The van der Waals surface area contributed by atoms with E-state index in [1.54, 1.807) is 13.8 Å². The zero-order chi connectivity index (χ0) is 12.3. The van der Waals surface area contributed by atoms with Crippen molar-refractivity contribution in [3.8, 4) is 0 Å². The fourth-order valence-electron chi connectivity index (χ4n) is 1.12. The molecule has 0 aliphatic heterocycles. The Kier molecular flexibility index (Phi) is 4.32. The van der Waals surface area contributed by atoms with Gasteiger partial charge in [-0.2, -0.15) is 0 Å². The SMILES string of the molecule is CCOC(=O)Cn1c(C)c(Cl)nc(Cl)c1=O.